The molecule has 1 heterocycles. The van der Waals surface area contributed by atoms with Gasteiger partial charge in [0, 0.05) is 24.7 Å². The molecule has 1 aliphatic heterocycles. The summed E-state index contributed by atoms with van der Waals surface area (Å²) in [6.07, 6.45) is 6.16. The van der Waals surface area contributed by atoms with E-state index in [-0.39, 0.29) is 0 Å². The summed E-state index contributed by atoms with van der Waals surface area (Å²) in [6, 6.07) is 10.9. The van der Waals surface area contributed by atoms with Crippen LogP contribution in [0.15, 0.2) is 24.3 Å². The van der Waals surface area contributed by atoms with Gasteiger partial charge in [0.05, 0.1) is 0 Å². The van der Waals surface area contributed by atoms with E-state index < -0.39 is 0 Å². The monoisotopic (exact) mass is 274 g/mol. The average Bonchev–Trinajstić information content (AvgIpc) is 2.50. The fourth-order valence-electron chi connectivity index (χ4n) is 3.70. The number of hydrogen-bond acceptors (Lipinski definition) is 2. The third-order valence-electron chi connectivity index (χ3n) is 4.88. The third-order valence-corrected chi connectivity index (χ3v) is 4.88. The number of nitrogens with two attached hydrogens (primary N) is 1. The van der Waals surface area contributed by atoms with Crippen LogP contribution in [0.25, 0.3) is 0 Å². The predicted molar refractivity (Wildman–Crippen MR) is 86.8 cm³/mol. The number of piperidine rings is 1. The first-order chi connectivity index (χ1) is 9.71. The van der Waals surface area contributed by atoms with Crippen molar-refractivity contribution in [3.05, 3.63) is 35.4 Å². The number of benzene rings is 1. The quantitative estimate of drug-likeness (QED) is 0.882. The zero-order valence-electron chi connectivity index (χ0n) is 13.3. The minimum atomic E-state index is 0.518. The smallest absolute Gasteiger partial charge is 0.0351 e. The molecule has 0 aromatic heterocycles. The van der Waals surface area contributed by atoms with Crippen molar-refractivity contribution >= 4 is 0 Å². The van der Waals surface area contributed by atoms with E-state index >= 15 is 0 Å². The highest BCUT2D eigenvalue weighted by Gasteiger charge is 2.32. The number of nitrogens with zero attached hydrogens (tertiary/aromatic N) is 1. The molecule has 0 bridgehead atoms. The van der Waals surface area contributed by atoms with Gasteiger partial charge < -0.3 is 5.73 Å². The van der Waals surface area contributed by atoms with Crippen molar-refractivity contribution in [1.82, 2.24) is 4.90 Å². The van der Waals surface area contributed by atoms with Crippen molar-refractivity contribution in [3.8, 4) is 0 Å². The summed E-state index contributed by atoms with van der Waals surface area (Å²) in [4.78, 5) is 2.68. The van der Waals surface area contributed by atoms with Crippen molar-refractivity contribution in [2.24, 2.45) is 5.73 Å². The van der Waals surface area contributed by atoms with Crippen LogP contribution in [-0.2, 0) is 6.42 Å². The minimum Gasteiger partial charge on any atom is -0.329 e. The van der Waals surface area contributed by atoms with Gasteiger partial charge in [-0.05, 0) is 43.7 Å². The van der Waals surface area contributed by atoms with Gasteiger partial charge in [0.1, 0.15) is 0 Å². The molecule has 0 aliphatic carbocycles. The van der Waals surface area contributed by atoms with Gasteiger partial charge in [0.15, 0.2) is 0 Å². The molecule has 2 rings (SSSR count). The molecule has 3 unspecified atom stereocenters. The second-order valence-electron chi connectivity index (χ2n) is 6.14. The van der Waals surface area contributed by atoms with Gasteiger partial charge in [-0.3, -0.25) is 4.90 Å². The summed E-state index contributed by atoms with van der Waals surface area (Å²) in [5.74, 6) is 0. The first-order valence-electron chi connectivity index (χ1n) is 8.27. The number of rotatable bonds is 5. The topological polar surface area (TPSA) is 29.3 Å². The van der Waals surface area contributed by atoms with Crippen LogP contribution >= 0.6 is 0 Å². The summed E-state index contributed by atoms with van der Waals surface area (Å²) in [5.41, 5.74) is 8.91. The minimum absolute atomic E-state index is 0.518. The Kier molecular flexibility index (Phi) is 5.62. The fourth-order valence-corrected chi connectivity index (χ4v) is 3.70. The molecule has 1 aliphatic rings. The van der Waals surface area contributed by atoms with Gasteiger partial charge >= 0.3 is 0 Å². The van der Waals surface area contributed by atoms with Crippen LogP contribution < -0.4 is 5.73 Å². The van der Waals surface area contributed by atoms with Crippen LogP contribution in [0.5, 0.6) is 0 Å². The maximum absolute atomic E-state index is 6.03. The summed E-state index contributed by atoms with van der Waals surface area (Å²) >= 11 is 0. The van der Waals surface area contributed by atoms with E-state index in [9.17, 15) is 0 Å². The first-order valence-corrected chi connectivity index (χ1v) is 8.27. The largest absolute Gasteiger partial charge is 0.329 e. The maximum Gasteiger partial charge on any atom is 0.0351 e. The molecule has 0 saturated carbocycles. The molecular weight excluding hydrogens is 244 g/mol. The van der Waals surface area contributed by atoms with Crippen LogP contribution in [0, 0.1) is 0 Å². The van der Waals surface area contributed by atoms with Crippen LogP contribution in [-0.4, -0.2) is 23.5 Å². The molecule has 1 fully saturated rings. The molecule has 2 N–H and O–H groups in total. The lowest BCUT2D eigenvalue weighted by Crippen LogP contribution is -2.50. The Balaban J connectivity index is 2.24. The highest BCUT2D eigenvalue weighted by atomic mass is 15.2. The zero-order chi connectivity index (χ0) is 14.5. The van der Waals surface area contributed by atoms with Gasteiger partial charge in [-0.2, -0.15) is 0 Å². The highest BCUT2D eigenvalue weighted by Crippen LogP contribution is 2.34. The Morgan fingerprint density at radius 1 is 1.20 bits per heavy atom. The van der Waals surface area contributed by atoms with Gasteiger partial charge in [-0.15, -0.1) is 0 Å². The molecule has 2 heteroatoms. The van der Waals surface area contributed by atoms with Crippen molar-refractivity contribution in [1.29, 1.82) is 0 Å². The van der Waals surface area contributed by atoms with E-state index in [0.717, 1.165) is 19.4 Å². The fraction of sp³-hybridized carbons (Fsp3) is 0.667. The summed E-state index contributed by atoms with van der Waals surface area (Å²) in [7, 11) is 0. The van der Waals surface area contributed by atoms with Gasteiger partial charge in [-0.25, -0.2) is 0 Å². The molecule has 2 nitrogen and oxygen atoms in total. The Labute approximate surface area is 124 Å². The van der Waals surface area contributed by atoms with E-state index in [2.05, 4.69) is 49.9 Å². The lowest BCUT2D eigenvalue weighted by molar-refractivity contribution is 0.0472. The molecule has 20 heavy (non-hydrogen) atoms. The molecule has 1 aromatic rings. The van der Waals surface area contributed by atoms with Gasteiger partial charge in [-0.1, -0.05) is 44.5 Å². The summed E-state index contributed by atoms with van der Waals surface area (Å²) in [5, 5.41) is 0. The van der Waals surface area contributed by atoms with Crippen molar-refractivity contribution in [2.45, 2.75) is 71.0 Å². The van der Waals surface area contributed by atoms with E-state index in [4.69, 9.17) is 5.73 Å². The van der Waals surface area contributed by atoms with Crippen LogP contribution in [0.2, 0.25) is 0 Å². The average molecular weight is 274 g/mol. The molecule has 0 spiro atoms. The van der Waals surface area contributed by atoms with E-state index in [1.54, 1.807) is 0 Å². The number of aryl methyl sites for hydroxylation is 1. The molecular formula is C18H30N2. The van der Waals surface area contributed by atoms with Gasteiger partial charge in [0.25, 0.3) is 0 Å². The number of likely N-dealkylation sites (tertiary alicyclic amines) is 1. The standard InChI is InChI=1S/C18H30N2/c1-4-15-9-11-16(12-10-15)18(5-2)20-14(3)7-6-8-17(20)13-19/h9-12,14,17-18H,4-8,13,19H2,1-3H3. The van der Waals surface area contributed by atoms with E-state index in [1.165, 1.54) is 30.4 Å². The van der Waals surface area contributed by atoms with E-state index in [1.807, 2.05) is 0 Å². The zero-order valence-corrected chi connectivity index (χ0v) is 13.3. The van der Waals surface area contributed by atoms with Crippen LogP contribution in [0.1, 0.15) is 63.6 Å². The molecule has 0 amide bonds. The maximum atomic E-state index is 6.03. The van der Waals surface area contributed by atoms with Crippen LogP contribution in [0.3, 0.4) is 0 Å². The lowest BCUT2D eigenvalue weighted by Gasteiger charge is -2.45. The molecule has 112 valence electrons. The van der Waals surface area contributed by atoms with Crippen molar-refractivity contribution < 1.29 is 0 Å². The Hall–Kier alpha value is -0.860. The van der Waals surface area contributed by atoms with Crippen molar-refractivity contribution in [2.75, 3.05) is 6.54 Å². The third kappa shape index (κ3) is 3.24. The highest BCUT2D eigenvalue weighted by molar-refractivity contribution is 5.25. The summed E-state index contributed by atoms with van der Waals surface area (Å²) in [6.45, 7) is 7.66. The Morgan fingerprint density at radius 3 is 2.45 bits per heavy atom. The Bertz CT molecular complexity index is 398. The van der Waals surface area contributed by atoms with Gasteiger partial charge in [0.2, 0.25) is 0 Å². The molecule has 1 saturated heterocycles. The molecule has 0 radical (unpaired) electrons. The molecule has 1 aromatic carbocycles. The summed E-state index contributed by atoms with van der Waals surface area (Å²) < 4.78 is 0. The second-order valence-corrected chi connectivity index (χ2v) is 6.14. The predicted octanol–water partition coefficient (Wildman–Crippen LogP) is 3.90. The SMILES string of the molecule is CCc1ccc(C(CC)N2C(C)CCCC2CN)cc1. The first kappa shape index (κ1) is 15.5. The molecule has 3 atom stereocenters. The van der Waals surface area contributed by atoms with E-state index in [0.29, 0.717) is 18.1 Å². The second kappa shape index (κ2) is 7.24. The normalized spacial score (nSPS) is 25.6. The lowest BCUT2D eigenvalue weighted by atomic mass is 9.90. The van der Waals surface area contributed by atoms with Crippen LogP contribution in [0.4, 0.5) is 0 Å². The van der Waals surface area contributed by atoms with Crippen molar-refractivity contribution in [3.63, 3.8) is 0 Å². The Morgan fingerprint density at radius 2 is 1.90 bits per heavy atom. The number of hydrogen-bond donors (Lipinski definition) is 1.